The number of rotatable bonds is 8. The third kappa shape index (κ3) is 6.86. The Hall–Kier alpha value is -0.390. The molecular weight excluding hydrogens is 307 g/mol. The van der Waals surface area contributed by atoms with Crippen LogP contribution in [0.1, 0.15) is 31.2 Å². The van der Waals surface area contributed by atoms with E-state index in [1.807, 2.05) is 18.2 Å². The van der Waals surface area contributed by atoms with E-state index in [0.717, 1.165) is 18.5 Å². The molecule has 1 aromatic carbocycles. The molecule has 0 saturated heterocycles. The van der Waals surface area contributed by atoms with Crippen molar-refractivity contribution < 1.29 is 13.2 Å². The Bertz CT molecular complexity index is 398. The zero-order valence-corrected chi connectivity index (χ0v) is 12.9. The Morgan fingerprint density at radius 3 is 2.60 bits per heavy atom. The van der Waals surface area contributed by atoms with Gasteiger partial charge in [0, 0.05) is 17.3 Å². The predicted octanol–water partition coefficient (Wildman–Crippen LogP) is 5.07. The second-order valence-electron chi connectivity index (χ2n) is 4.51. The molecule has 1 atom stereocenters. The lowest BCUT2D eigenvalue weighted by Gasteiger charge is -2.19. The van der Waals surface area contributed by atoms with Gasteiger partial charge in [-0.15, -0.1) is 0 Å². The number of hydrogen-bond donors (Lipinski definition) is 1. The number of alkyl halides is 3. The van der Waals surface area contributed by atoms with Crippen LogP contribution in [0.5, 0.6) is 0 Å². The monoisotopic (exact) mass is 325 g/mol. The van der Waals surface area contributed by atoms with Crippen molar-refractivity contribution >= 4 is 23.4 Å². The molecule has 0 aliphatic carbocycles. The van der Waals surface area contributed by atoms with Crippen LogP contribution in [-0.2, 0) is 0 Å². The van der Waals surface area contributed by atoms with E-state index in [1.165, 1.54) is 0 Å². The van der Waals surface area contributed by atoms with Gasteiger partial charge in [0.1, 0.15) is 0 Å². The van der Waals surface area contributed by atoms with Crippen LogP contribution in [0.25, 0.3) is 0 Å². The second kappa shape index (κ2) is 8.80. The fourth-order valence-corrected chi connectivity index (χ4v) is 2.87. The van der Waals surface area contributed by atoms with Crippen LogP contribution in [0.4, 0.5) is 13.2 Å². The molecule has 0 bridgehead atoms. The summed E-state index contributed by atoms with van der Waals surface area (Å²) < 4.78 is 36.6. The Kier molecular flexibility index (Phi) is 7.77. The molecular formula is C14H19ClF3NS. The first kappa shape index (κ1) is 17.7. The molecule has 1 aromatic rings. The number of benzene rings is 1. The first-order chi connectivity index (χ1) is 9.44. The maximum Gasteiger partial charge on any atom is 0.441 e. The lowest BCUT2D eigenvalue weighted by Crippen LogP contribution is -2.23. The van der Waals surface area contributed by atoms with Crippen molar-refractivity contribution in [3.63, 3.8) is 0 Å². The van der Waals surface area contributed by atoms with Gasteiger partial charge < -0.3 is 5.32 Å². The van der Waals surface area contributed by atoms with Gasteiger partial charge in [0.15, 0.2) is 0 Å². The van der Waals surface area contributed by atoms with Gasteiger partial charge in [-0.1, -0.05) is 48.5 Å². The zero-order chi connectivity index (χ0) is 15.0. The standard InChI is InChI=1S/C14H19ClF3NS/c1-2-8-19-10-11(7-9-20-14(16,17)18)12-5-3-4-6-13(12)15/h3-6,11,19H,2,7-10H2,1H3. The molecule has 6 heteroatoms. The summed E-state index contributed by atoms with van der Waals surface area (Å²) in [6.07, 6.45) is 1.44. The summed E-state index contributed by atoms with van der Waals surface area (Å²) in [5, 5.41) is 3.88. The van der Waals surface area contributed by atoms with Crippen LogP contribution in [-0.4, -0.2) is 24.4 Å². The molecule has 0 aliphatic heterocycles. The van der Waals surface area contributed by atoms with Gasteiger partial charge in [0.05, 0.1) is 0 Å². The Balaban J connectivity index is 2.63. The molecule has 0 saturated carbocycles. The summed E-state index contributed by atoms with van der Waals surface area (Å²) in [5.41, 5.74) is -3.25. The van der Waals surface area contributed by atoms with Gasteiger partial charge in [-0.25, -0.2) is 0 Å². The van der Waals surface area contributed by atoms with Crippen molar-refractivity contribution in [1.29, 1.82) is 0 Å². The quantitative estimate of drug-likeness (QED) is 0.670. The Morgan fingerprint density at radius 2 is 2.00 bits per heavy atom. The van der Waals surface area contributed by atoms with E-state index in [1.54, 1.807) is 6.07 Å². The van der Waals surface area contributed by atoms with Crippen LogP contribution in [0.15, 0.2) is 24.3 Å². The van der Waals surface area contributed by atoms with E-state index < -0.39 is 5.51 Å². The van der Waals surface area contributed by atoms with Gasteiger partial charge in [-0.2, -0.15) is 13.2 Å². The van der Waals surface area contributed by atoms with E-state index in [4.69, 9.17) is 11.6 Å². The van der Waals surface area contributed by atoms with Gasteiger partial charge in [-0.05, 0) is 36.9 Å². The Labute approximate surface area is 127 Å². The van der Waals surface area contributed by atoms with Crippen molar-refractivity contribution in [1.82, 2.24) is 5.32 Å². The van der Waals surface area contributed by atoms with Gasteiger partial charge >= 0.3 is 5.51 Å². The van der Waals surface area contributed by atoms with Crippen LogP contribution in [0.2, 0.25) is 5.02 Å². The number of halogens is 4. The second-order valence-corrected chi connectivity index (χ2v) is 6.07. The predicted molar refractivity (Wildman–Crippen MR) is 80.5 cm³/mol. The SMILES string of the molecule is CCCNCC(CCSC(F)(F)F)c1ccccc1Cl. The molecule has 0 amide bonds. The highest BCUT2D eigenvalue weighted by Crippen LogP contribution is 2.34. The summed E-state index contributed by atoms with van der Waals surface area (Å²) in [6, 6.07) is 7.36. The first-order valence-corrected chi connectivity index (χ1v) is 7.96. The largest absolute Gasteiger partial charge is 0.441 e. The average molecular weight is 326 g/mol. The molecule has 0 aliphatic rings. The molecule has 0 heterocycles. The van der Waals surface area contributed by atoms with E-state index in [-0.39, 0.29) is 23.4 Å². The molecule has 1 nitrogen and oxygen atoms in total. The average Bonchev–Trinajstić information content (AvgIpc) is 2.37. The molecule has 0 radical (unpaired) electrons. The molecule has 1 unspecified atom stereocenters. The highest BCUT2D eigenvalue weighted by molar-refractivity contribution is 8.00. The minimum atomic E-state index is -4.16. The fourth-order valence-electron chi connectivity index (χ4n) is 1.94. The molecule has 1 N–H and O–H groups in total. The highest BCUT2D eigenvalue weighted by atomic mass is 35.5. The van der Waals surface area contributed by atoms with Crippen molar-refractivity contribution in [2.75, 3.05) is 18.8 Å². The minimum absolute atomic E-state index is 0.00472. The summed E-state index contributed by atoms with van der Waals surface area (Å²) >= 11 is 6.17. The maximum atomic E-state index is 12.2. The zero-order valence-electron chi connectivity index (χ0n) is 11.3. The normalized spacial score (nSPS) is 13.4. The number of nitrogens with one attached hydrogen (secondary N) is 1. The molecule has 0 fully saturated rings. The maximum absolute atomic E-state index is 12.2. The smallest absolute Gasteiger partial charge is 0.316 e. The summed E-state index contributed by atoms with van der Waals surface area (Å²) in [7, 11) is 0. The third-order valence-corrected chi connectivity index (χ3v) is 4.01. The number of thioether (sulfide) groups is 1. The van der Waals surface area contributed by atoms with Crippen molar-refractivity contribution in [3.8, 4) is 0 Å². The van der Waals surface area contributed by atoms with E-state index in [0.29, 0.717) is 18.0 Å². The minimum Gasteiger partial charge on any atom is -0.316 e. The van der Waals surface area contributed by atoms with E-state index in [2.05, 4.69) is 12.2 Å². The molecule has 114 valence electrons. The van der Waals surface area contributed by atoms with Gasteiger partial charge in [0.25, 0.3) is 0 Å². The van der Waals surface area contributed by atoms with Crippen LogP contribution < -0.4 is 5.32 Å². The summed E-state index contributed by atoms with van der Waals surface area (Å²) in [6.45, 7) is 3.56. The van der Waals surface area contributed by atoms with Crippen LogP contribution >= 0.6 is 23.4 Å². The highest BCUT2D eigenvalue weighted by Gasteiger charge is 2.28. The van der Waals surface area contributed by atoms with Crippen molar-refractivity contribution in [2.24, 2.45) is 0 Å². The van der Waals surface area contributed by atoms with Crippen molar-refractivity contribution in [2.45, 2.75) is 31.2 Å². The van der Waals surface area contributed by atoms with E-state index >= 15 is 0 Å². The molecule has 0 aromatic heterocycles. The third-order valence-electron chi connectivity index (χ3n) is 2.89. The van der Waals surface area contributed by atoms with Crippen LogP contribution in [0.3, 0.4) is 0 Å². The van der Waals surface area contributed by atoms with Gasteiger partial charge in [0.2, 0.25) is 0 Å². The van der Waals surface area contributed by atoms with Gasteiger partial charge in [-0.3, -0.25) is 0 Å². The van der Waals surface area contributed by atoms with Crippen LogP contribution in [0, 0.1) is 0 Å². The fraction of sp³-hybridized carbons (Fsp3) is 0.571. The van der Waals surface area contributed by atoms with Crippen molar-refractivity contribution in [3.05, 3.63) is 34.9 Å². The molecule has 20 heavy (non-hydrogen) atoms. The number of hydrogen-bond acceptors (Lipinski definition) is 2. The lowest BCUT2D eigenvalue weighted by molar-refractivity contribution is -0.0328. The first-order valence-electron chi connectivity index (χ1n) is 6.60. The molecule has 0 spiro atoms. The lowest BCUT2D eigenvalue weighted by atomic mass is 9.96. The summed E-state index contributed by atoms with van der Waals surface area (Å²) in [4.78, 5) is 0. The Morgan fingerprint density at radius 1 is 1.30 bits per heavy atom. The van der Waals surface area contributed by atoms with E-state index in [9.17, 15) is 13.2 Å². The summed E-state index contributed by atoms with van der Waals surface area (Å²) in [5.74, 6) is 0.0535. The molecule has 1 rings (SSSR count). The topological polar surface area (TPSA) is 12.0 Å².